The number of carbonyl (C=O) groups excluding carboxylic acids is 1. The van der Waals surface area contributed by atoms with Gasteiger partial charge in [0.05, 0.1) is 7.11 Å². The van der Waals surface area contributed by atoms with E-state index in [1.54, 1.807) is 0 Å². The number of hydrogen-bond donors (Lipinski definition) is 1. The van der Waals surface area contributed by atoms with Crippen LogP contribution in [-0.4, -0.2) is 42.6 Å². The molecule has 17 heavy (non-hydrogen) atoms. The fourth-order valence-electron chi connectivity index (χ4n) is 2.29. The van der Waals surface area contributed by atoms with Crippen LogP contribution in [0.4, 0.5) is 0 Å². The molecule has 0 bridgehead atoms. The minimum Gasteiger partial charge on any atom is -0.468 e. The minimum atomic E-state index is -0.811. The average Bonchev–Trinajstić information content (AvgIpc) is 3.10. The fraction of sp³-hybridized carbons (Fsp3) is 0.923. The molecule has 0 amide bonds. The van der Waals surface area contributed by atoms with Gasteiger partial charge in [-0.15, -0.1) is 0 Å². The Balaban J connectivity index is 2.73. The van der Waals surface area contributed by atoms with Crippen molar-refractivity contribution in [1.29, 1.82) is 0 Å². The van der Waals surface area contributed by atoms with Crippen molar-refractivity contribution in [1.82, 2.24) is 4.90 Å². The van der Waals surface area contributed by atoms with Crippen molar-refractivity contribution in [2.75, 3.05) is 20.2 Å². The second-order valence-corrected chi connectivity index (χ2v) is 5.37. The van der Waals surface area contributed by atoms with Crippen molar-refractivity contribution in [3.8, 4) is 0 Å². The first-order chi connectivity index (χ1) is 7.95. The maximum Gasteiger partial charge on any atom is 0.327 e. The van der Waals surface area contributed by atoms with E-state index in [1.165, 1.54) is 7.11 Å². The molecule has 2 N–H and O–H groups in total. The van der Waals surface area contributed by atoms with Crippen molar-refractivity contribution < 1.29 is 9.53 Å². The first-order valence-electron chi connectivity index (χ1n) is 6.57. The molecule has 1 fully saturated rings. The van der Waals surface area contributed by atoms with Crippen LogP contribution in [0.5, 0.6) is 0 Å². The van der Waals surface area contributed by atoms with Crippen LogP contribution in [0.15, 0.2) is 0 Å². The number of nitrogens with zero attached hydrogens (tertiary/aromatic N) is 1. The zero-order valence-corrected chi connectivity index (χ0v) is 11.5. The molecule has 0 saturated heterocycles. The molecule has 1 aliphatic carbocycles. The zero-order valence-electron chi connectivity index (χ0n) is 11.5. The van der Waals surface area contributed by atoms with Gasteiger partial charge in [0.2, 0.25) is 0 Å². The molecular weight excluding hydrogens is 216 g/mol. The quantitative estimate of drug-likeness (QED) is 0.685. The summed E-state index contributed by atoms with van der Waals surface area (Å²) >= 11 is 0. The molecule has 0 aliphatic heterocycles. The zero-order chi connectivity index (χ0) is 13.1. The minimum absolute atomic E-state index is 0.262. The van der Waals surface area contributed by atoms with Gasteiger partial charge in [-0.05, 0) is 45.6 Å². The van der Waals surface area contributed by atoms with E-state index in [9.17, 15) is 4.79 Å². The highest BCUT2D eigenvalue weighted by Gasteiger charge is 2.49. The lowest BCUT2D eigenvalue weighted by Gasteiger charge is -2.35. The molecule has 0 radical (unpaired) electrons. The van der Waals surface area contributed by atoms with E-state index in [0.717, 1.165) is 25.8 Å². The lowest BCUT2D eigenvalue weighted by Crippen LogP contribution is -2.59. The molecule has 1 rings (SSSR count). The summed E-state index contributed by atoms with van der Waals surface area (Å²) in [5, 5.41) is 0. The van der Waals surface area contributed by atoms with E-state index in [-0.39, 0.29) is 5.97 Å². The van der Waals surface area contributed by atoms with Gasteiger partial charge in [0.25, 0.3) is 0 Å². The molecule has 0 aromatic heterocycles. The van der Waals surface area contributed by atoms with Crippen LogP contribution in [0.1, 0.15) is 40.0 Å². The van der Waals surface area contributed by atoms with Gasteiger partial charge >= 0.3 is 5.97 Å². The molecule has 0 aromatic carbocycles. The summed E-state index contributed by atoms with van der Waals surface area (Å²) in [6, 6.07) is 0.404. The first-order valence-corrected chi connectivity index (χ1v) is 6.57. The number of nitrogens with two attached hydrogens (primary N) is 1. The van der Waals surface area contributed by atoms with Crippen LogP contribution in [0.3, 0.4) is 0 Å². The molecule has 4 nitrogen and oxygen atoms in total. The third-order valence-corrected chi connectivity index (χ3v) is 3.58. The predicted octanol–water partition coefficient (Wildman–Crippen LogP) is 1.39. The molecule has 1 aliphatic rings. The number of ether oxygens (including phenoxy) is 1. The standard InChI is InChI=1S/C13H26N2O2/c1-5-8-15(10(2)3)9-13(14,11-6-7-11)12(16)17-4/h10-11H,5-9,14H2,1-4H3. The first kappa shape index (κ1) is 14.5. The Bertz CT molecular complexity index is 264. The van der Waals surface area contributed by atoms with Crippen molar-refractivity contribution >= 4 is 5.97 Å². The Morgan fingerprint density at radius 1 is 1.53 bits per heavy atom. The molecular formula is C13H26N2O2. The Kier molecular flexibility index (Phi) is 4.95. The Morgan fingerprint density at radius 3 is 2.47 bits per heavy atom. The molecule has 0 heterocycles. The van der Waals surface area contributed by atoms with Gasteiger partial charge in [-0.25, -0.2) is 0 Å². The van der Waals surface area contributed by atoms with Crippen molar-refractivity contribution in [2.45, 2.75) is 51.6 Å². The largest absolute Gasteiger partial charge is 0.468 e. The monoisotopic (exact) mass is 242 g/mol. The summed E-state index contributed by atoms with van der Waals surface area (Å²) < 4.78 is 4.88. The van der Waals surface area contributed by atoms with E-state index in [1.807, 2.05) is 0 Å². The lowest BCUT2D eigenvalue weighted by atomic mass is 9.93. The number of hydrogen-bond acceptors (Lipinski definition) is 4. The second-order valence-electron chi connectivity index (χ2n) is 5.37. The van der Waals surface area contributed by atoms with E-state index in [4.69, 9.17) is 10.5 Å². The topological polar surface area (TPSA) is 55.6 Å². The highest BCUT2D eigenvalue weighted by molar-refractivity contribution is 5.81. The molecule has 0 aromatic rings. The predicted molar refractivity (Wildman–Crippen MR) is 68.7 cm³/mol. The number of methoxy groups -OCH3 is 1. The smallest absolute Gasteiger partial charge is 0.327 e. The second kappa shape index (κ2) is 5.83. The van der Waals surface area contributed by atoms with Crippen molar-refractivity contribution in [3.05, 3.63) is 0 Å². The van der Waals surface area contributed by atoms with Crippen molar-refractivity contribution in [3.63, 3.8) is 0 Å². The normalized spacial score (nSPS) is 19.5. The van der Waals surface area contributed by atoms with Gasteiger partial charge in [0.1, 0.15) is 5.54 Å². The van der Waals surface area contributed by atoms with E-state index < -0.39 is 5.54 Å². The van der Waals surface area contributed by atoms with Gasteiger partial charge in [-0.3, -0.25) is 9.69 Å². The fourth-order valence-corrected chi connectivity index (χ4v) is 2.29. The molecule has 1 saturated carbocycles. The van der Waals surface area contributed by atoms with E-state index in [2.05, 4.69) is 25.7 Å². The molecule has 4 heteroatoms. The molecule has 0 spiro atoms. The highest BCUT2D eigenvalue weighted by Crippen LogP contribution is 2.39. The van der Waals surface area contributed by atoms with Gasteiger partial charge in [0, 0.05) is 12.6 Å². The van der Waals surface area contributed by atoms with Crippen LogP contribution in [0.2, 0.25) is 0 Å². The van der Waals surface area contributed by atoms with Crippen LogP contribution >= 0.6 is 0 Å². The maximum absolute atomic E-state index is 11.9. The third-order valence-electron chi connectivity index (χ3n) is 3.58. The number of esters is 1. The van der Waals surface area contributed by atoms with Crippen LogP contribution in [0, 0.1) is 5.92 Å². The van der Waals surface area contributed by atoms with Crippen molar-refractivity contribution in [2.24, 2.45) is 11.7 Å². The summed E-state index contributed by atoms with van der Waals surface area (Å²) in [5.74, 6) is 0.0369. The summed E-state index contributed by atoms with van der Waals surface area (Å²) in [6.07, 6.45) is 3.16. The average molecular weight is 242 g/mol. The van der Waals surface area contributed by atoms with E-state index >= 15 is 0 Å². The Hall–Kier alpha value is -0.610. The summed E-state index contributed by atoms with van der Waals surface area (Å²) in [5.41, 5.74) is 5.50. The van der Waals surface area contributed by atoms with Crippen LogP contribution in [-0.2, 0) is 9.53 Å². The Morgan fingerprint density at radius 2 is 2.12 bits per heavy atom. The van der Waals surface area contributed by atoms with Crippen LogP contribution < -0.4 is 5.73 Å². The Labute approximate surface area is 104 Å². The molecule has 1 unspecified atom stereocenters. The summed E-state index contributed by atoms with van der Waals surface area (Å²) in [7, 11) is 1.42. The summed E-state index contributed by atoms with van der Waals surface area (Å²) in [4.78, 5) is 14.2. The van der Waals surface area contributed by atoms with Crippen LogP contribution in [0.25, 0.3) is 0 Å². The van der Waals surface area contributed by atoms with E-state index in [0.29, 0.717) is 18.5 Å². The maximum atomic E-state index is 11.9. The number of carbonyl (C=O) groups is 1. The van der Waals surface area contributed by atoms with Gasteiger partial charge in [-0.1, -0.05) is 6.92 Å². The summed E-state index contributed by atoms with van der Waals surface area (Å²) in [6.45, 7) is 8.00. The third kappa shape index (κ3) is 3.42. The SMILES string of the molecule is CCCN(CC(N)(C(=O)OC)C1CC1)C(C)C. The van der Waals surface area contributed by atoms with Gasteiger partial charge in [-0.2, -0.15) is 0 Å². The van der Waals surface area contributed by atoms with Gasteiger partial charge < -0.3 is 10.5 Å². The molecule has 1 atom stereocenters. The molecule has 100 valence electrons. The highest BCUT2D eigenvalue weighted by atomic mass is 16.5. The van der Waals surface area contributed by atoms with Gasteiger partial charge in [0.15, 0.2) is 0 Å². The lowest BCUT2D eigenvalue weighted by molar-refractivity contribution is -0.149. The number of rotatable bonds is 7.